The number of hydrogen-bond donors (Lipinski definition) is 0. The summed E-state index contributed by atoms with van der Waals surface area (Å²) in [5.41, 5.74) is 2.31. The Hall–Kier alpha value is -1.26. The molecule has 0 radical (unpaired) electrons. The summed E-state index contributed by atoms with van der Waals surface area (Å²) in [6, 6.07) is 8.37. The van der Waals surface area contributed by atoms with Crippen LogP contribution in [0.1, 0.15) is 25.3 Å². The molecule has 0 aliphatic carbocycles. The standard InChI is InChI=1S/C18H24N2OS/c1-3-21-16-6-7-17-15(13-16)12-14(2)18(19-17)22-11-10-20-8-4-5-9-20/h6-7,12-13H,3-5,8-11H2,1-2H3. The van der Waals surface area contributed by atoms with E-state index in [1.807, 2.05) is 24.8 Å². The molecule has 3 rings (SSSR count). The van der Waals surface area contributed by atoms with Crippen LogP contribution in [-0.2, 0) is 0 Å². The van der Waals surface area contributed by atoms with Crippen LogP contribution in [0, 0.1) is 6.92 Å². The van der Waals surface area contributed by atoms with Gasteiger partial charge in [-0.15, -0.1) is 11.8 Å². The monoisotopic (exact) mass is 316 g/mol. The van der Waals surface area contributed by atoms with Crippen molar-refractivity contribution in [2.24, 2.45) is 0 Å². The normalized spacial score (nSPS) is 15.5. The van der Waals surface area contributed by atoms with Gasteiger partial charge in [0, 0.05) is 17.7 Å². The van der Waals surface area contributed by atoms with Gasteiger partial charge in [0.05, 0.1) is 17.1 Å². The van der Waals surface area contributed by atoms with E-state index in [0.717, 1.165) is 27.4 Å². The van der Waals surface area contributed by atoms with Crippen LogP contribution in [0.3, 0.4) is 0 Å². The van der Waals surface area contributed by atoms with Crippen molar-refractivity contribution in [2.75, 3.05) is 32.0 Å². The second-order valence-corrected chi connectivity index (χ2v) is 6.88. The number of fused-ring (bicyclic) bond motifs is 1. The smallest absolute Gasteiger partial charge is 0.120 e. The number of thioether (sulfide) groups is 1. The fraction of sp³-hybridized carbons (Fsp3) is 0.500. The maximum atomic E-state index is 5.57. The van der Waals surface area contributed by atoms with Crippen molar-refractivity contribution in [3.63, 3.8) is 0 Å². The molecule has 22 heavy (non-hydrogen) atoms. The fourth-order valence-corrected chi connectivity index (χ4v) is 3.92. The van der Waals surface area contributed by atoms with Crippen molar-refractivity contribution >= 4 is 22.7 Å². The minimum absolute atomic E-state index is 0.697. The van der Waals surface area contributed by atoms with Crippen LogP contribution in [0.2, 0.25) is 0 Å². The summed E-state index contributed by atoms with van der Waals surface area (Å²) < 4.78 is 5.57. The minimum Gasteiger partial charge on any atom is -0.494 e. The molecule has 0 atom stereocenters. The van der Waals surface area contributed by atoms with Crippen LogP contribution < -0.4 is 4.74 Å². The summed E-state index contributed by atoms with van der Waals surface area (Å²) in [5.74, 6) is 2.04. The molecule has 0 saturated carbocycles. The summed E-state index contributed by atoms with van der Waals surface area (Å²) in [5, 5.41) is 2.32. The number of rotatable bonds is 6. The van der Waals surface area contributed by atoms with Gasteiger partial charge < -0.3 is 9.64 Å². The first-order valence-electron chi connectivity index (χ1n) is 8.15. The fourth-order valence-electron chi connectivity index (χ4n) is 2.92. The first kappa shape index (κ1) is 15.6. The van der Waals surface area contributed by atoms with Crippen LogP contribution >= 0.6 is 11.8 Å². The molecule has 118 valence electrons. The molecule has 1 fully saturated rings. The lowest BCUT2D eigenvalue weighted by Crippen LogP contribution is -2.21. The van der Waals surface area contributed by atoms with Gasteiger partial charge in [0.25, 0.3) is 0 Å². The molecule has 4 heteroatoms. The number of pyridine rings is 1. The average Bonchev–Trinajstić information content (AvgIpc) is 3.01. The van der Waals surface area contributed by atoms with Gasteiger partial charge >= 0.3 is 0 Å². The average molecular weight is 316 g/mol. The molecule has 0 bridgehead atoms. The quantitative estimate of drug-likeness (QED) is 0.748. The highest BCUT2D eigenvalue weighted by Crippen LogP contribution is 2.27. The van der Waals surface area contributed by atoms with E-state index < -0.39 is 0 Å². The Bertz CT molecular complexity index is 638. The van der Waals surface area contributed by atoms with Crippen LogP contribution in [0.5, 0.6) is 5.75 Å². The molecule has 1 aromatic heterocycles. The van der Waals surface area contributed by atoms with Crippen molar-refractivity contribution in [3.05, 3.63) is 29.8 Å². The van der Waals surface area contributed by atoms with Crippen molar-refractivity contribution in [3.8, 4) is 5.75 Å². The number of likely N-dealkylation sites (tertiary alicyclic amines) is 1. The molecule has 0 N–H and O–H groups in total. The second-order valence-electron chi connectivity index (χ2n) is 5.80. The third-order valence-corrected chi connectivity index (χ3v) is 5.16. The van der Waals surface area contributed by atoms with Gasteiger partial charge in [-0.3, -0.25) is 0 Å². The highest BCUT2D eigenvalue weighted by Gasteiger charge is 2.11. The number of aryl methyl sites for hydroxylation is 1. The minimum atomic E-state index is 0.697. The molecule has 3 nitrogen and oxygen atoms in total. The van der Waals surface area contributed by atoms with Crippen LogP contribution in [0.15, 0.2) is 29.3 Å². The lowest BCUT2D eigenvalue weighted by atomic mass is 10.1. The van der Waals surface area contributed by atoms with Gasteiger partial charge in [0.2, 0.25) is 0 Å². The third kappa shape index (κ3) is 3.73. The van der Waals surface area contributed by atoms with E-state index in [1.165, 1.54) is 38.0 Å². The zero-order valence-electron chi connectivity index (χ0n) is 13.5. The summed E-state index contributed by atoms with van der Waals surface area (Å²) in [7, 11) is 0. The Morgan fingerprint density at radius 3 is 2.82 bits per heavy atom. The molecule has 1 aliphatic heterocycles. The lowest BCUT2D eigenvalue weighted by molar-refractivity contribution is 0.340. The predicted octanol–water partition coefficient (Wildman–Crippen LogP) is 4.13. The topological polar surface area (TPSA) is 25.4 Å². The van der Waals surface area contributed by atoms with Gasteiger partial charge in [-0.1, -0.05) is 0 Å². The molecule has 0 amide bonds. The van der Waals surface area contributed by atoms with Crippen molar-refractivity contribution in [1.82, 2.24) is 9.88 Å². The first-order chi connectivity index (χ1) is 10.8. The second kappa shape index (κ2) is 7.34. The molecule has 0 spiro atoms. The van der Waals surface area contributed by atoms with E-state index in [2.05, 4.69) is 30.0 Å². The van der Waals surface area contributed by atoms with Gasteiger partial charge in [-0.25, -0.2) is 4.98 Å². The lowest BCUT2D eigenvalue weighted by Gasteiger charge is -2.14. The summed E-state index contributed by atoms with van der Waals surface area (Å²) in [6.07, 6.45) is 2.72. The maximum Gasteiger partial charge on any atom is 0.120 e. The molecule has 1 saturated heterocycles. The van der Waals surface area contributed by atoms with Crippen LogP contribution in [0.4, 0.5) is 0 Å². The van der Waals surface area contributed by atoms with E-state index in [9.17, 15) is 0 Å². The number of nitrogens with zero attached hydrogens (tertiary/aromatic N) is 2. The first-order valence-corrected chi connectivity index (χ1v) is 9.14. The number of hydrogen-bond acceptors (Lipinski definition) is 4. The van der Waals surface area contributed by atoms with E-state index >= 15 is 0 Å². The van der Waals surface area contributed by atoms with Gasteiger partial charge in [0.15, 0.2) is 0 Å². The van der Waals surface area contributed by atoms with E-state index in [-0.39, 0.29) is 0 Å². The molecule has 0 unspecified atom stereocenters. The summed E-state index contributed by atoms with van der Waals surface area (Å²) in [4.78, 5) is 7.38. The van der Waals surface area contributed by atoms with Crippen molar-refractivity contribution < 1.29 is 4.74 Å². The number of benzene rings is 1. The van der Waals surface area contributed by atoms with Gasteiger partial charge in [0.1, 0.15) is 5.75 Å². The van der Waals surface area contributed by atoms with Gasteiger partial charge in [-0.05, 0) is 69.6 Å². The largest absolute Gasteiger partial charge is 0.494 e. The SMILES string of the molecule is CCOc1ccc2nc(SCCN3CCCC3)c(C)cc2c1. The Kier molecular flexibility index (Phi) is 5.21. The van der Waals surface area contributed by atoms with E-state index in [0.29, 0.717) is 6.61 Å². The molecule has 2 heterocycles. The number of aromatic nitrogens is 1. The van der Waals surface area contributed by atoms with E-state index in [1.54, 1.807) is 0 Å². The summed E-state index contributed by atoms with van der Waals surface area (Å²) >= 11 is 1.88. The molecular formula is C18H24N2OS. The highest BCUT2D eigenvalue weighted by atomic mass is 32.2. The zero-order valence-corrected chi connectivity index (χ0v) is 14.3. The molecule has 1 aliphatic rings. The van der Waals surface area contributed by atoms with E-state index in [4.69, 9.17) is 9.72 Å². The molecule has 1 aromatic carbocycles. The zero-order chi connectivity index (χ0) is 15.4. The number of ether oxygens (including phenoxy) is 1. The Morgan fingerprint density at radius 2 is 2.05 bits per heavy atom. The van der Waals surface area contributed by atoms with Crippen molar-refractivity contribution in [1.29, 1.82) is 0 Å². The third-order valence-electron chi connectivity index (χ3n) is 4.09. The highest BCUT2D eigenvalue weighted by molar-refractivity contribution is 7.99. The Labute approximate surface area is 137 Å². The van der Waals surface area contributed by atoms with Crippen LogP contribution in [0.25, 0.3) is 10.9 Å². The summed E-state index contributed by atoms with van der Waals surface area (Å²) in [6.45, 7) is 8.57. The molecule has 2 aromatic rings. The van der Waals surface area contributed by atoms with Crippen molar-refractivity contribution in [2.45, 2.75) is 31.7 Å². The molecular weight excluding hydrogens is 292 g/mol. The predicted molar refractivity (Wildman–Crippen MR) is 94.0 cm³/mol. The van der Waals surface area contributed by atoms with Gasteiger partial charge in [-0.2, -0.15) is 0 Å². The Balaban J connectivity index is 1.69. The Morgan fingerprint density at radius 1 is 1.23 bits per heavy atom. The van der Waals surface area contributed by atoms with Crippen LogP contribution in [-0.4, -0.2) is 41.9 Å². The maximum absolute atomic E-state index is 5.57.